The molecule has 1 atom stereocenters. The van der Waals surface area contributed by atoms with Crippen LogP contribution in [0.1, 0.15) is 32.1 Å². The van der Waals surface area contributed by atoms with E-state index in [4.69, 9.17) is 5.26 Å². The zero-order valence-electron chi connectivity index (χ0n) is 9.20. The Labute approximate surface area is 98.5 Å². The lowest BCUT2D eigenvalue weighted by Crippen LogP contribution is -2.34. The smallest absolute Gasteiger partial charge is 0.228 e. The van der Waals surface area contributed by atoms with Crippen LogP contribution in [0.25, 0.3) is 0 Å². The SMILES string of the molecule is N#CC(CS(=O)(=O)C1CCCCC1)C(F)(F)F. The molecule has 1 unspecified atom stereocenters. The van der Waals surface area contributed by atoms with Crippen LogP contribution in [-0.4, -0.2) is 25.6 Å². The van der Waals surface area contributed by atoms with E-state index >= 15 is 0 Å². The second-order valence-electron chi connectivity index (χ2n) is 4.31. The zero-order chi connectivity index (χ0) is 13.1. The van der Waals surface area contributed by atoms with Gasteiger partial charge in [-0.15, -0.1) is 0 Å². The number of alkyl halides is 3. The highest BCUT2D eigenvalue weighted by molar-refractivity contribution is 7.92. The quantitative estimate of drug-likeness (QED) is 0.790. The molecule has 0 N–H and O–H groups in total. The van der Waals surface area contributed by atoms with Crippen LogP contribution in [0.3, 0.4) is 0 Å². The van der Waals surface area contributed by atoms with E-state index in [1.54, 1.807) is 0 Å². The van der Waals surface area contributed by atoms with Crippen molar-refractivity contribution < 1.29 is 21.6 Å². The molecule has 3 nitrogen and oxygen atoms in total. The predicted octanol–water partition coefficient (Wildman–Crippen LogP) is 2.44. The van der Waals surface area contributed by atoms with Crippen molar-refractivity contribution in [3.63, 3.8) is 0 Å². The van der Waals surface area contributed by atoms with E-state index in [0.717, 1.165) is 25.3 Å². The third-order valence-corrected chi connectivity index (χ3v) is 5.30. The molecule has 0 aromatic rings. The van der Waals surface area contributed by atoms with Gasteiger partial charge in [0.2, 0.25) is 0 Å². The Kier molecular flexibility index (Phi) is 4.42. The molecule has 0 radical (unpaired) electrons. The first kappa shape index (κ1) is 14.3. The Bertz CT molecular complexity index is 391. The summed E-state index contributed by atoms with van der Waals surface area (Å²) in [5.41, 5.74) is 0. The highest BCUT2D eigenvalue weighted by Gasteiger charge is 2.44. The van der Waals surface area contributed by atoms with Gasteiger partial charge in [0.1, 0.15) is 0 Å². The van der Waals surface area contributed by atoms with Crippen LogP contribution in [0.5, 0.6) is 0 Å². The summed E-state index contributed by atoms with van der Waals surface area (Å²) < 4.78 is 60.5. The average Bonchev–Trinajstić information content (AvgIpc) is 2.25. The van der Waals surface area contributed by atoms with Gasteiger partial charge >= 0.3 is 6.18 Å². The molecule has 1 rings (SSSR count). The van der Waals surface area contributed by atoms with Gasteiger partial charge in [0.15, 0.2) is 15.8 Å². The molecular formula is C10H14F3NO2S. The second kappa shape index (κ2) is 5.25. The number of sulfone groups is 1. The largest absolute Gasteiger partial charge is 0.405 e. The summed E-state index contributed by atoms with van der Waals surface area (Å²) in [6.07, 6.45) is -1.56. The second-order valence-corrected chi connectivity index (χ2v) is 6.64. The van der Waals surface area contributed by atoms with Gasteiger partial charge in [-0.3, -0.25) is 0 Å². The van der Waals surface area contributed by atoms with Crippen LogP contribution in [-0.2, 0) is 9.84 Å². The molecule has 0 aliphatic heterocycles. The predicted molar refractivity (Wildman–Crippen MR) is 55.8 cm³/mol. The standard InChI is InChI=1S/C10H14F3NO2S/c11-10(12,13)8(6-14)7-17(15,16)9-4-2-1-3-5-9/h8-9H,1-5,7H2. The maximum atomic E-state index is 12.3. The Balaban J connectivity index is 2.75. The molecule has 1 saturated carbocycles. The summed E-state index contributed by atoms with van der Waals surface area (Å²) in [5.74, 6) is -3.51. The van der Waals surface area contributed by atoms with E-state index in [9.17, 15) is 21.6 Å². The molecule has 0 heterocycles. The molecule has 1 fully saturated rings. The summed E-state index contributed by atoms with van der Waals surface area (Å²) in [5, 5.41) is 7.69. The summed E-state index contributed by atoms with van der Waals surface area (Å²) in [6, 6.07) is 1.03. The maximum Gasteiger partial charge on any atom is 0.405 e. The zero-order valence-corrected chi connectivity index (χ0v) is 10.0. The summed E-state index contributed by atoms with van der Waals surface area (Å²) in [4.78, 5) is 0. The van der Waals surface area contributed by atoms with Crippen molar-refractivity contribution in [1.82, 2.24) is 0 Å². The molecule has 7 heteroatoms. The summed E-state index contributed by atoms with van der Waals surface area (Å²) in [6.45, 7) is 0. The van der Waals surface area contributed by atoms with E-state index < -0.39 is 32.9 Å². The first-order valence-corrected chi connectivity index (χ1v) is 7.17. The highest BCUT2D eigenvalue weighted by atomic mass is 32.2. The van der Waals surface area contributed by atoms with Crippen molar-refractivity contribution in [2.24, 2.45) is 5.92 Å². The molecule has 0 saturated heterocycles. The van der Waals surface area contributed by atoms with Crippen molar-refractivity contribution in [3.05, 3.63) is 0 Å². The molecule has 0 bridgehead atoms. The van der Waals surface area contributed by atoms with Gasteiger partial charge in [-0.25, -0.2) is 8.42 Å². The van der Waals surface area contributed by atoms with Crippen molar-refractivity contribution >= 4 is 9.84 Å². The van der Waals surface area contributed by atoms with E-state index in [-0.39, 0.29) is 0 Å². The molecule has 0 aromatic heterocycles. The van der Waals surface area contributed by atoms with Crippen LogP contribution in [0, 0.1) is 17.2 Å². The lowest BCUT2D eigenvalue weighted by Gasteiger charge is -2.23. The minimum Gasteiger partial charge on any atom is -0.228 e. The van der Waals surface area contributed by atoms with Crippen LogP contribution in [0.4, 0.5) is 13.2 Å². The summed E-state index contributed by atoms with van der Waals surface area (Å²) >= 11 is 0. The minimum absolute atomic E-state index is 0.415. The Hall–Kier alpha value is -0.770. The Morgan fingerprint density at radius 2 is 1.76 bits per heavy atom. The normalized spacial score (nSPS) is 20.8. The van der Waals surface area contributed by atoms with Gasteiger partial charge in [0, 0.05) is 0 Å². The number of nitrogens with zero attached hydrogens (tertiary/aromatic N) is 1. The van der Waals surface area contributed by atoms with Gasteiger partial charge < -0.3 is 0 Å². The third-order valence-electron chi connectivity index (χ3n) is 3.01. The van der Waals surface area contributed by atoms with Crippen LogP contribution >= 0.6 is 0 Å². The molecule has 1 aliphatic carbocycles. The number of hydrogen-bond donors (Lipinski definition) is 0. The number of hydrogen-bond acceptors (Lipinski definition) is 3. The topological polar surface area (TPSA) is 57.9 Å². The van der Waals surface area contributed by atoms with Crippen molar-refractivity contribution in [2.45, 2.75) is 43.5 Å². The fourth-order valence-electron chi connectivity index (χ4n) is 2.00. The van der Waals surface area contributed by atoms with Gasteiger partial charge in [-0.05, 0) is 12.8 Å². The molecule has 1 aliphatic rings. The van der Waals surface area contributed by atoms with E-state index in [1.165, 1.54) is 0 Å². The molecule has 0 amide bonds. The first-order valence-electron chi connectivity index (χ1n) is 5.45. The third kappa shape index (κ3) is 3.87. The highest BCUT2D eigenvalue weighted by Crippen LogP contribution is 2.30. The maximum absolute atomic E-state index is 12.3. The first-order chi connectivity index (χ1) is 7.77. The van der Waals surface area contributed by atoms with E-state index in [2.05, 4.69) is 0 Å². The molecular weight excluding hydrogens is 255 g/mol. The van der Waals surface area contributed by atoms with Crippen LogP contribution in [0.15, 0.2) is 0 Å². The van der Waals surface area contributed by atoms with Gasteiger partial charge in [-0.2, -0.15) is 18.4 Å². The molecule has 0 aromatic carbocycles. The lowest BCUT2D eigenvalue weighted by molar-refractivity contribution is -0.153. The minimum atomic E-state index is -4.77. The summed E-state index contributed by atoms with van der Waals surface area (Å²) in [7, 11) is -3.82. The number of rotatable bonds is 3. The average molecular weight is 269 g/mol. The number of halogens is 3. The fraction of sp³-hybridized carbons (Fsp3) is 0.900. The lowest BCUT2D eigenvalue weighted by atomic mass is 10.0. The van der Waals surface area contributed by atoms with Gasteiger partial charge in [0.05, 0.1) is 17.1 Å². The van der Waals surface area contributed by atoms with Crippen molar-refractivity contribution in [1.29, 1.82) is 5.26 Å². The van der Waals surface area contributed by atoms with E-state index in [0.29, 0.717) is 12.8 Å². The fourth-order valence-corrected chi connectivity index (χ4v) is 4.05. The van der Waals surface area contributed by atoms with Gasteiger partial charge in [-0.1, -0.05) is 19.3 Å². The molecule has 98 valence electrons. The van der Waals surface area contributed by atoms with Crippen LogP contribution < -0.4 is 0 Å². The Morgan fingerprint density at radius 1 is 1.24 bits per heavy atom. The number of nitriles is 1. The molecule has 0 spiro atoms. The monoisotopic (exact) mass is 269 g/mol. The molecule has 17 heavy (non-hydrogen) atoms. The van der Waals surface area contributed by atoms with Crippen LogP contribution in [0.2, 0.25) is 0 Å². The van der Waals surface area contributed by atoms with Crippen molar-refractivity contribution in [3.8, 4) is 6.07 Å². The van der Waals surface area contributed by atoms with E-state index in [1.807, 2.05) is 0 Å². The van der Waals surface area contributed by atoms with Gasteiger partial charge in [0.25, 0.3) is 0 Å². The Morgan fingerprint density at radius 3 is 2.18 bits per heavy atom. The van der Waals surface area contributed by atoms with Crippen molar-refractivity contribution in [2.75, 3.05) is 5.75 Å².